The van der Waals surface area contributed by atoms with Crippen LogP contribution in [0, 0.1) is 0 Å². The standard InChI is InChI=1S/C8H8ClNO2/c1-4(11)8-6(9)2-5(10)3-7(8)12/h2-3,12H,10H2,1H3. The first kappa shape index (κ1) is 8.87. The van der Waals surface area contributed by atoms with E-state index in [1.54, 1.807) is 0 Å². The maximum Gasteiger partial charge on any atom is 0.165 e. The minimum Gasteiger partial charge on any atom is -0.507 e. The number of benzene rings is 1. The molecule has 64 valence electrons. The summed E-state index contributed by atoms with van der Waals surface area (Å²) in [5, 5.41) is 9.44. The molecule has 0 saturated carbocycles. The van der Waals surface area contributed by atoms with Gasteiger partial charge in [-0.05, 0) is 13.0 Å². The fourth-order valence-electron chi connectivity index (χ4n) is 0.961. The van der Waals surface area contributed by atoms with Crippen molar-refractivity contribution in [3.05, 3.63) is 22.7 Å². The predicted molar refractivity (Wildman–Crippen MR) is 47.5 cm³/mol. The van der Waals surface area contributed by atoms with E-state index in [1.165, 1.54) is 19.1 Å². The lowest BCUT2D eigenvalue weighted by Gasteiger charge is -2.03. The number of carbonyl (C=O) groups is 1. The number of phenols is 1. The molecule has 0 aliphatic carbocycles. The Balaban J connectivity index is 3.38. The molecule has 0 radical (unpaired) electrons. The highest BCUT2D eigenvalue weighted by molar-refractivity contribution is 6.34. The summed E-state index contributed by atoms with van der Waals surface area (Å²) in [7, 11) is 0. The van der Waals surface area contributed by atoms with E-state index in [2.05, 4.69) is 0 Å². The minimum atomic E-state index is -0.280. The highest BCUT2D eigenvalue weighted by Gasteiger charge is 2.11. The Bertz CT molecular complexity index is 313. The fraction of sp³-hybridized carbons (Fsp3) is 0.125. The second kappa shape index (κ2) is 3.03. The van der Waals surface area contributed by atoms with Crippen molar-refractivity contribution in [2.45, 2.75) is 6.92 Å². The summed E-state index contributed by atoms with van der Waals surface area (Å²) >= 11 is 5.67. The van der Waals surface area contributed by atoms with Gasteiger partial charge in [0.1, 0.15) is 5.75 Å². The van der Waals surface area contributed by atoms with Gasteiger partial charge in [0.05, 0.1) is 10.6 Å². The van der Waals surface area contributed by atoms with Crippen LogP contribution in [0.5, 0.6) is 5.75 Å². The molecule has 4 heteroatoms. The zero-order valence-electron chi connectivity index (χ0n) is 6.47. The van der Waals surface area contributed by atoms with E-state index in [-0.39, 0.29) is 22.1 Å². The number of phenolic OH excluding ortho intramolecular Hbond substituents is 1. The van der Waals surface area contributed by atoms with Crippen LogP contribution in [0.3, 0.4) is 0 Å². The van der Waals surface area contributed by atoms with E-state index >= 15 is 0 Å². The second-order valence-electron chi connectivity index (χ2n) is 2.45. The number of rotatable bonds is 1. The monoisotopic (exact) mass is 185 g/mol. The normalized spacial score (nSPS) is 9.83. The molecule has 0 bridgehead atoms. The number of aromatic hydroxyl groups is 1. The Kier molecular flexibility index (Phi) is 2.24. The van der Waals surface area contributed by atoms with Crippen LogP contribution in [0.15, 0.2) is 12.1 Å². The topological polar surface area (TPSA) is 63.3 Å². The number of ketones is 1. The fourth-order valence-corrected chi connectivity index (χ4v) is 1.32. The Morgan fingerprint density at radius 2 is 2.17 bits per heavy atom. The van der Waals surface area contributed by atoms with Gasteiger partial charge in [-0.3, -0.25) is 4.79 Å². The van der Waals surface area contributed by atoms with Crippen molar-refractivity contribution in [1.82, 2.24) is 0 Å². The number of nitrogen functional groups attached to an aromatic ring is 1. The van der Waals surface area contributed by atoms with Crippen LogP contribution in [0.1, 0.15) is 17.3 Å². The molecule has 1 rings (SSSR count). The molecule has 0 fully saturated rings. The van der Waals surface area contributed by atoms with E-state index in [0.717, 1.165) is 0 Å². The van der Waals surface area contributed by atoms with Gasteiger partial charge in [-0.15, -0.1) is 0 Å². The number of hydrogen-bond donors (Lipinski definition) is 2. The van der Waals surface area contributed by atoms with Gasteiger partial charge in [0.25, 0.3) is 0 Å². The molecular formula is C8H8ClNO2. The Hall–Kier alpha value is -1.22. The summed E-state index contributed by atoms with van der Waals surface area (Å²) in [5.74, 6) is -0.454. The third-order valence-corrected chi connectivity index (χ3v) is 1.74. The number of nitrogens with two attached hydrogens (primary N) is 1. The average Bonchev–Trinajstić information content (AvgIpc) is 1.82. The molecule has 3 nitrogen and oxygen atoms in total. The summed E-state index contributed by atoms with van der Waals surface area (Å²) in [6.07, 6.45) is 0. The van der Waals surface area contributed by atoms with Gasteiger partial charge in [0.2, 0.25) is 0 Å². The van der Waals surface area contributed by atoms with Crippen LogP contribution >= 0.6 is 11.6 Å². The van der Waals surface area contributed by atoms with Crippen molar-refractivity contribution >= 4 is 23.1 Å². The van der Waals surface area contributed by atoms with E-state index in [4.69, 9.17) is 17.3 Å². The first-order valence-corrected chi connectivity index (χ1v) is 3.69. The lowest BCUT2D eigenvalue weighted by molar-refractivity contribution is 0.101. The summed E-state index contributed by atoms with van der Waals surface area (Å²) in [4.78, 5) is 10.9. The minimum absolute atomic E-state index is 0.117. The highest BCUT2D eigenvalue weighted by atomic mass is 35.5. The predicted octanol–water partition coefficient (Wildman–Crippen LogP) is 1.83. The number of hydrogen-bond acceptors (Lipinski definition) is 3. The molecule has 0 amide bonds. The lowest BCUT2D eigenvalue weighted by Crippen LogP contribution is -1.96. The Morgan fingerprint density at radius 1 is 1.58 bits per heavy atom. The van der Waals surface area contributed by atoms with Gasteiger partial charge < -0.3 is 10.8 Å². The van der Waals surface area contributed by atoms with E-state index in [0.29, 0.717) is 5.69 Å². The van der Waals surface area contributed by atoms with Crippen LogP contribution in [0.2, 0.25) is 5.02 Å². The molecule has 0 heterocycles. The zero-order chi connectivity index (χ0) is 9.30. The van der Waals surface area contributed by atoms with Gasteiger partial charge in [0.15, 0.2) is 5.78 Å². The average molecular weight is 186 g/mol. The van der Waals surface area contributed by atoms with Gasteiger partial charge in [-0.1, -0.05) is 11.6 Å². The molecule has 12 heavy (non-hydrogen) atoms. The molecule has 0 saturated heterocycles. The first-order chi connectivity index (χ1) is 5.52. The smallest absolute Gasteiger partial charge is 0.165 e. The van der Waals surface area contributed by atoms with E-state index in [9.17, 15) is 9.90 Å². The molecule has 1 aromatic rings. The molecule has 1 aromatic carbocycles. The Labute approximate surface area is 74.8 Å². The van der Waals surface area contributed by atoms with E-state index in [1.807, 2.05) is 0 Å². The first-order valence-electron chi connectivity index (χ1n) is 3.31. The van der Waals surface area contributed by atoms with Crippen molar-refractivity contribution in [3.8, 4) is 5.75 Å². The number of carbonyl (C=O) groups excluding carboxylic acids is 1. The van der Waals surface area contributed by atoms with E-state index < -0.39 is 0 Å². The molecule has 0 unspecified atom stereocenters. The maximum absolute atomic E-state index is 10.9. The van der Waals surface area contributed by atoms with Crippen LogP contribution < -0.4 is 5.73 Å². The largest absolute Gasteiger partial charge is 0.507 e. The third-order valence-electron chi connectivity index (χ3n) is 1.44. The van der Waals surface area contributed by atoms with Crippen molar-refractivity contribution in [2.24, 2.45) is 0 Å². The summed E-state index contributed by atoms with van der Waals surface area (Å²) in [6.45, 7) is 1.33. The molecule has 0 aliphatic heterocycles. The quantitative estimate of drug-likeness (QED) is 0.518. The molecule has 0 aliphatic rings. The van der Waals surface area contributed by atoms with Crippen LogP contribution in [0.25, 0.3) is 0 Å². The number of halogens is 1. The van der Waals surface area contributed by atoms with Gasteiger partial charge >= 0.3 is 0 Å². The molecule has 3 N–H and O–H groups in total. The van der Waals surface area contributed by atoms with Crippen LogP contribution in [-0.2, 0) is 0 Å². The van der Waals surface area contributed by atoms with Crippen LogP contribution in [-0.4, -0.2) is 10.9 Å². The molecule has 0 spiro atoms. The molecule has 0 aromatic heterocycles. The summed E-state index contributed by atoms with van der Waals surface area (Å²) < 4.78 is 0. The zero-order valence-corrected chi connectivity index (χ0v) is 7.22. The molecular weight excluding hydrogens is 178 g/mol. The Morgan fingerprint density at radius 3 is 2.58 bits per heavy atom. The van der Waals surface area contributed by atoms with Gasteiger partial charge in [-0.2, -0.15) is 0 Å². The van der Waals surface area contributed by atoms with Gasteiger partial charge in [-0.25, -0.2) is 0 Å². The number of Topliss-reactive ketones (excluding diaryl/α,β-unsaturated/α-hetero) is 1. The lowest BCUT2D eigenvalue weighted by atomic mass is 10.1. The van der Waals surface area contributed by atoms with Crippen LogP contribution in [0.4, 0.5) is 5.69 Å². The summed E-state index contributed by atoms with van der Waals surface area (Å²) in [6, 6.07) is 2.72. The molecule has 0 atom stereocenters. The highest BCUT2D eigenvalue weighted by Crippen LogP contribution is 2.28. The van der Waals surface area contributed by atoms with Crippen molar-refractivity contribution in [1.29, 1.82) is 0 Å². The van der Waals surface area contributed by atoms with Crippen molar-refractivity contribution in [2.75, 3.05) is 5.73 Å². The number of anilines is 1. The second-order valence-corrected chi connectivity index (χ2v) is 2.86. The SMILES string of the molecule is CC(=O)c1c(O)cc(N)cc1Cl. The van der Waals surface area contributed by atoms with Crippen molar-refractivity contribution < 1.29 is 9.90 Å². The summed E-state index contributed by atoms with van der Waals surface area (Å²) in [5.41, 5.74) is 5.82. The van der Waals surface area contributed by atoms with Gasteiger partial charge in [0, 0.05) is 11.8 Å². The maximum atomic E-state index is 10.9. The third kappa shape index (κ3) is 1.51. The van der Waals surface area contributed by atoms with Crippen molar-refractivity contribution in [3.63, 3.8) is 0 Å².